The van der Waals surface area contributed by atoms with Gasteiger partial charge in [0.05, 0.1) is 0 Å². The number of unbranched alkanes of at least 4 members (excludes halogenated alkanes) is 3. The molecule has 2 N–H and O–H groups in total. The zero-order chi connectivity index (χ0) is 10.6. The van der Waals surface area contributed by atoms with Crippen molar-refractivity contribution in [3.63, 3.8) is 0 Å². The van der Waals surface area contributed by atoms with Crippen LogP contribution in [0.4, 0.5) is 0 Å². The van der Waals surface area contributed by atoms with Crippen LogP contribution < -0.4 is 5.73 Å². The summed E-state index contributed by atoms with van der Waals surface area (Å²) in [4.78, 5) is 0. The summed E-state index contributed by atoms with van der Waals surface area (Å²) in [7, 11) is 3.89. The lowest BCUT2D eigenvalue weighted by Crippen LogP contribution is -1.99. The molecule has 0 aromatic rings. The van der Waals surface area contributed by atoms with Gasteiger partial charge in [0.1, 0.15) is 0 Å². The quantitative estimate of drug-likeness (QED) is 0.459. The Balaban J connectivity index is 2.85. The molecule has 3 heteroatoms. The van der Waals surface area contributed by atoms with Gasteiger partial charge in [-0.15, -0.1) is 0 Å². The third-order valence-electron chi connectivity index (χ3n) is 2.04. The lowest BCUT2D eigenvalue weighted by atomic mass is 10.0. The zero-order valence-electron chi connectivity index (χ0n) is 9.63. The normalized spacial score (nSPS) is 11.1. The van der Waals surface area contributed by atoms with E-state index in [2.05, 4.69) is 13.8 Å². The number of hydrogen-bond donors (Lipinski definition) is 1. The molecule has 0 heterocycles. The Morgan fingerprint density at radius 2 is 1.57 bits per heavy atom. The van der Waals surface area contributed by atoms with E-state index < -0.39 is 0 Å². The maximum Gasteiger partial charge on any atom is 0.0160 e. The molecule has 0 rings (SSSR count). The van der Waals surface area contributed by atoms with Crippen molar-refractivity contribution in [3.05, 3.63) is 0 Å². The van der Waals surface area contributed by atoms with E-state index in [1.54, 1.807) is 0 Å². The molecule has 0 aliphatic carbocycles. The van der Waals surface area contributed by atoms with Gasteiger partial charge in [0.25, 0.3) is 0 Å². The van der Waals surface area contributed by atoms with E-state index >= 15 is 0 Å². The summed E-state index contributed by atoms with van der Waals surface area (Å²) < 4.78 is 0. The van der Waals surface area contributed by atoms with Gasteiger partial charge in [-0.25, -0.2) is 0 Å². The van der Waals surface area contributed by atoms with Crippen LogP contribution >= 0.6 is 21.6 Å². The lowest BCUT2D eigenvalue weighted by molar-refractivity contribution is 0.525. The first-order valence-corrected chi connectivity index (χ1v) is 8.20. The average molecular weight is 235 g/mol. The topological polar surface area (TPSA) is 26.0 Å². The van der Waals surface area contributed by atoms with Crippen LogP contribution in [0.3, 0.4) is 0 Å². The average Bonchev–Trinajstić information content (AvgIpc) is 2.15. The molecule has 0 aliphatic heterocycles. The fraction of sp³-hybridized carbons (Fsp3) is 1.00. The molecule has 0 spiro atoms. The summed E-state index contributed by atoms with van der Waals surface area (Å²) in [5, 5.41) is 0. The first-order chi connectivity index (χ1) is 6.77. The Bertz CT molecular complexity index is 107. The maximum atomic E-state index is 5.40. The van der Waals surface area contributed by atoms with Crippen LogP contribution in [0.1, 0.15) is 46.0 Å². The first-order valence-electron chi connectivity index (χ1n) is 5.72. The van der Waals surface area contributed by atoms with Gasteiger partial charge in [-0.1, -0.05) is 61.1 Å². The Morgan fingerprint density at radius 3 is 2.21 bits per heavy atom. The molecule has 0 aromatic carbocycles. The molecule has 0 bridgehead atoms. The van der Waals surface area contributed by atoms with Crippen molar-refractivity contribution < 1.29 is 0 Å². The van der Waals surface area contributed by atoms with E-state index in [0.717, 1.165) is 18.2 Å². The van der Waals surface area contributed by atoms with Crippen molar-refractivity contribution in [1.29, 1.82) is 0 Å². The van der Waals surface area contributed by atoms with Gasteiger partial charge in [-0.05, 0) is 12.3 Å². The van der Waals surface area contributed by atoms with Crippen molar-refractivity contribution >= 4 is 21.6 Å². The summed E-state index contributed by atoms with van der Waals surface area (Å²) in [5.74, 6) is 3.27. The molecule has 14 heavy (non-hydrogen) atoms. The predicted octanol–water partition coefficient (Wildman–Crippen LogP) is 3.93. The molecular formula is C11H25NS2. The molecular weight excluding hydrogens is 210 g/mol. The second-order valence-electron chi connectivity index (χ2n) is 4.03. The van der Waals surface area contributed by atoms with Crippen LogP contribution in [0.25, 0.3) is 0 Å². The fourth-order valence-electron chi connectivity index (χ4n) is 1.23. The molecule has 86 valence electrons. The summed E-state index contributed by atoms with van der Waals surface area (Å²) in [5.41, 5.74) is 5.40. The molecule has 0 aromatic heterocycles. The van der Waals surface area contributed by atoms with Crippen LogP contribution in [0, 0.1) is 5.92 Å². The van der Waals surface area contributed by atoms with Gasteiger partial charge in [-0.2, -0.15) is 0 Å². The summed E-state index contributed by atoms with van der Waals surface area (Å²) in [6.45, 7) is 5.42. The van der Waals surface area contributed by atoms with E-state index in [1.165, 1.54) is 37.9 Å². The van der Waals surface area contributed by atoms with E-state index in [0.29, 0.717) is 0 Å². The van der Waals surface area contributed by atoms with Gasteiger partial charge in [0, 0.05) is 18.1 Å². The smallest absolute Gasteiger partial charge is 0.0160 e. The van der Waals surface area contributed by atoms with Gasteiger partial charge in [0.2, 0.25) is 0 Å². The molecule has 0 unspecified atom stereocenters. The molecule has 1 nitrogen and oxygen atoms in total. The SMILES string of the molecule is CC(C)CCCCCCSSCCN. The van der Waals surface area contributed by atoms with Crippen molar-refractivity contribution in [2.24, 2.45) is 11.7 Å². The van der Waals surface area contributed by atoms with Crippen molar-refractivity contribution in [2.45, 2.75) is 46.0 Å². The molecule has 0 atom stereocenters. The maximum absolute atomic E-state index is 5.40. The molecule has 0 fully saturated rings. The highest BCUT2D eigenvalue weighted by Crippen LogP contribution is 2.22. The minimum Gasteiger partial charge on any atom is -0.330 e. The fourth-order valence-corrected chi connectivity index (χ4v) is 3.24. The lowest BCUT2D eigenvalue weighted by Gasteiger charge is -2.03. The number of nitrogens with two attached hydrogens (primary N) is 1. The Hall–Kier alpha value is 0.660. The highest BCUT2D eigenvalue weighted by molar-refractivity contribution is 8.76. The Labute approximate surface area is 97.4 Å². The van der Waals surface area contributed by atoms with Crippen LogP contribution in [-0.4, -0.2) is 18.1 Å². The minimum absolute atomic E-state index is 0.812. The Kier molecular flexibility index (Phi) is 12.3. The second-order valence-corrected chi connectivity index (χ2v) is 6.73. The highest BCUT2D eigenvalue weighted by Gasteiger charge is 1.94. The first kappa shape index (κ1) is 14.7. The van der Waals surface area contributed by atoms with Gasteiger partial charge in [-0.3, -0.25) is 0 Å². The zero-order valence-corrected chi connectivity index (χ0v) is 11.3. The van der Waals surface area contributed by atoms with Crippen LogP contribution in [-0.2, 0) is 0 Å². The minimum atomic E-state index is 0.812. The van der Waals surface area contributed by atoms with Crippen LogP contribution in [0.15, 0.2) is 0 Å². The molecule has 0 aliphatic rings. The van der Waals surface area contributed by atoms with Gasteiger partial charge >= 0.3 is 0 Å². The largest absolute Gasteiger partial charge is 0.330 e. The molecule has 0 saturated heterocycles. The van der Waals surface area contributed by atoms with E-state index in [-0.39, 0.29) is 0 Å². The molecule has 0 amide bonds. The summed E-state index contributed by atoms with van der Waals surface area (Å²) in [6.07, 6.45) is 7.01. The Morgan fingerprint density at radius 1 is 0.929 bits per heavy atom. The van der Waals surface area contributed by atoms with Gasteiger partial charge in [0.15, 0.2) is 0 Å². The predicted molar refractivity (Wildman–Crippen MR) is 71.9 cm³/mol. The standard InChI is InChI=1S/C11H25NS2/c1-11(2)7-5-3-4-6-9-13-14-10-8-12/h11H,3-10,12H2,1-2H3. The number of rotatable bonds is 10. The van der Waals surface area contributed by atoms with Crippen molar-refractivity contribution in [2.75, 3.05) is 18.1 Å². The molecule has 0 saturated carbocycles. The summed E-state index contributed by atoms with van der Waals surface area (Å²) >= 11 is 0. The van der Waals surface area contributed by atoms with Gasteiger partial charge < -0.3 is 5.73 Å². The van der Waals surface area contributed by atoms with Crippen molar-refractivity contribution in [3.8, 4) is 0 Å². The highest BCUT2D eigenvalue weighted by atomic mass is 33.1. The monoisotopic (exact) mass is 235 g/mol. The van der Waals surface area contributed by atoms with Crippen molar-refractivity contribution in [1.82, 2.24) is 0 Å². The third-order valence-corrected chi connectivity index (χ3v) is 4.57. The van der Waals surface area contributed by atoms with E-state index in [9.17, 15) is 0 Å². The van der Waals surface area contributed by atoms with Crippen LogP contribution in [0.2, 0.25) is 0 Å². The number of hydrogen-bond acceptors (Lipinski definition) is 3. The van der Waals surface area contributed by atoms with E-state index in [4.69, 9.17) is 5.73 Å². The van der Waals surface area contributed by atoms with E-state index in [1.807, 2.05) is 21.6 Å². The van der Waals surface area contributed by atoms with Crippen LogP contribution in [0.5, 0.6) is 0 Å². The third kappa shape index (κ3) is 12.7. The second kappa shape index (κ2) is 11.7. The summed E-state index contributed by atoms with van der Waals surface area (Å²) in [6, 6.07) is 0. The molecule has 0 radical (unpaired) electrons.